The van der Waals surface area contributed by atoms with E-state index >= 15 is 0 Å². The molecular formula is C70H80BrN3. The van der Waals surface area contributed by atoms with Gasteiger partial charge in [-0.15, -0.1) is 0 Å². The number of benzene rings is 7. The number of anilines is 9. The molecule has 0 spiro atoms. The van der Waals surface area contributed by atoms with Crippen LogP contribution in [0.1, 0.15) is 167 Å². The predicted molar refractivity (Wildman–Crippen MR) is 320 cm³/mol. The Kier molecular flexibility index (Phi) is 12.9. The van der Waals surface area contributed by atoms with Crippen molar-refractivity contribution in [3.63, 3.8) is 0 Å². The van der Waals surface area contributed by atoms with Gasteiger partial charge in [0.05, 0.1) is 22.7 Å². The van der Waals surface area contributed by atoms with E-state index in [2.05, 4.69) is 271 Å². The van der Waals surface area contributed by atoms with Crippen LogP contribution in [-0.4, -0.2) is 0 Å². The summed E-state index contributed by atoms with van der Waals surface area (Å²) < 4.78 is 1.06. The van der Waals surface area contributed by atoms with Crippen molar-refractivity contribution in [3.8, 4) is 0 Å². The first kappa shape index (κ1) is 50.6. The predicted octanol–water partition coefficient (Wildman–Crippen LogP) is 21.1. The maximum atomic E-state index is 4.19. The number of rotatable bonds is 11. The van der Waals surface area contributed by atoms with Crippen molar-refractivity contribution in [1.82, 2.24) is 0 Å². The molecule has 382 valence electrons. The zero-order valence-corrected chi connectivity index (χ0v) is 48.0. The standard InChI is InChI=1S/C70H80BrN3/c1-67(2,3)51-17-28-57(29-18-51)73(58-30-19-52(20-31-58)68(4,5)6)61-42-60(43-62(44-61)74(59-32-21-53(22-33-59)69(7,8)9)66-34-23-54(41-65(66)71)70(10,11)12)72(55-24-13-47(14-25-55)63-39-45-35-49(63)36-45)56-26-15-48(16-27-56)64-40-46-37-50(64)38-46/h13-34,41-46,49-50,63-64H,35-40H2,1-12H3. The average molecular weight is 1040 g/mol. The summed E-state index contributed by atoms with van der Waals surface area (Å²) in [4.78, 5) is 7.49. The van der Waals surface area contributed by atoms with Crippen molar-refractivity contribution < 1.29 is 0 Å². The van der Waals surface area contributed by atoms with Crippen molar-refractivity contribution in [2.24, 2.45) is 23.7 Å². The van der Waals surface area contributed by atoms with Gasteiger partial charge in [-0.05, 0) is 236 Å². The normalized spacial score (nSPS) is 21.3. The Morgan fingerprint density at radius 3 is 0.878 bits per heavy atom. The van der Waals surface area contributed by atoms with Gasteiger partial charge in [0.25, 0.3) is 0 Å². The summed E-state index contributed by atoms with van der Waals surface area (Å²) in [7, 11) is 0. The smallest absolute Gasteiger partial charge is 0.0603 e. The molecule has 6 fully saturated rings. The fourth-order valence-electron chi connectivity index (χ4n) is 13.1. The zero-order chi connectivity index (χ0) is 52.1. The molecule has 2 atom stereocenters. The van der Waals surface area contributed by atoms with Crippen molar-refractivity contribution >= 4 is 67.1 Å². The summed E-state index contributed by atoms with van der Waals surface area (Å²) in [6, 6.07) is 61.6. The van der Waals surface area contributed by atoms with Crippen LogP contribution in [0.5, 0.6) is 0 Å². The number of nitrogens with zero attached hydrogens (tertiary/aromatic N) is 3. The van der Waals surface area contributed by atoms with E-state index in [0.29, 0.717) is 11.8 Å². The summed E-state index contributed by atoms with van der Waals surface area (Å²) in [5.74, 6) is 4.88. The Morgan fingerprint density at radius 2 is 0.595 bits per heavy atom. The van der Waals surface area contributed by atoms with Gasteiger partial charge in [-0.1, -0.05) is 150 Å². The molecule has 3 nitrogen and oxygen atoms in total. The highest BCUT2D eigenvalue weighted by molar-refractivity contribution is 9.10. The Hall–Kier alpha value is -5.58. The molecule has 4 heteroatoms. The molecule has 4 bridgehead atoms. The minimum absolute atomic E-state index is 0.0127. The third kappa shape index (κ3) is 9.90. The van der Waals surface area contributed by atoms with Crippen LogP contribution in [0.15, 0.2) is 162 Å². The Balaban J connectivity index is 1.16. The van der Waals surface area contributed by atoms with Crippen LogP contribution in [-0.2, 0) is 21.7 Å². The quantitative estimate of drug-likeness (QED) is 0.128. The molecule has 6 aliphatic rings. The fraction of sp³-hybridized carbons (Fsp3) is 0.400. The third-order valence-electron chi connectivity index (χ3n) is 17.7. The van der Waals surface area contributed by atoms with Crippen molar-refractivity contribution in [3.05, 3.63) is 196 Å². The molecule has 0 aromatic heterocycles. The van der Waals surface area contributed by atoms with Gasteiger partial charge < -0.3 is 14.7 Å². The summed E-state index contributed by atoms with van der Waals surface area (Å²) in [5.41, 5.74) is 18.3. The molecule has 0 saturated heterocycles. The average Bonchev–Trinajstić information content (AvgIpc) is 4.15. The molecule has 2 unspecified atom stereocenters. The molecular weight excluding hydrogens is 963 g/mol. The maximum Gasteiger partial charge on any atom is 0.0603 e. The third-order valence-corrected chi connectivity index (χ3v) is 18.3. The van der Waals surface area contributed by atoms with Gasteiger partial charge in [0.2, 0.25) is 0 Å². The van der Waals surface area contributed by atoms with E-state index < -0.39 is 0 Å². The molecule has 0 N–H and O–H groups in total. The van der Waals surface area contributed by atoms with Crippen LogP contribution >= 0.6 is 15.9 Å². The SMILES string of the molecule is CC(C)(C)c1ccc(N(c2ccc(C(C)(C)C)cc2)c2cc(N(c3ccc(C4CC5CC4C5)cc3)c3ccc(C4CC5CC4C5)cc3)cc(N(c3ccc(C(C)(C)C)cc3)c3ccc(C(C)(C)C)cc3Br)c2)cc1. The first-order valence-corrected chi connectivity index (χ1v) is 28.7. The molecule has 6 aliphatic carbocycles. The van der Waals surface area contributed by atoms with Crippen LogP contribution in [0.2, 0.25) is 0 Å². The lowest BCUT2D eigenvalue weighted by molar-refractivity contribution is 0.294. The minimum Gasteiger partial charge on any atom is -0.310 e. The second-order valence-corrected chi connectivity index (χ2v) is 27.9. The van der Waals surface area contributed by atoms with Gasteiger partial charge in [-0.2, -0.15) is 0 Å². The van der Waals surface area contributed by atoms with Gasteiger partial charge in [-0.25, -0.2) is 0 Å². The Bertz CT molecular complexity index is 2980. The van der Waals surface area contributed by atoms with Crippen molar-refractivity contribution in [1.29, 1.82) is 0 Å². The first-order valence-electron chi connectivity index (χ1n) is 27.9. The topological polar surface area (TPSA) is 9.72 Å². The summed E-state index contributed by atoms with van der Waals surface area (Å²) in [6.45, 7) is 27.6. The lowest BCUT2D eigenvalue weighted by atomic mass is 9.81. The second-order valence-electron chi connectivity index (χ2n) is 27.1. The molecule has 7 aromatic rings. The largest absolute Gasteiger partial charge is 0.310 e. The van der Waals surface area contributed by atoms with Crippen LogP contribution in [0, 0.1) is 23.7 Å². The Morgan fingerprint density at radius 1 is 0.311 bits per heavy atom. The summed E-state index contributed by atoms with van der Waals surface area (Å²) >= 11 is 4.19. The van der Waals surface area contributed by atoms with E-state index in [4.69, 9.17) is 0 Å². The van der Waals surface area contributed by atoms with Crippen LogP contribution < -0.4 is 14.7 Å². The lowest BCUT2D eigenvalue weighted by Crippen LogP contribution is -2.18. The van der Waals surface area contributed by atoms with E-state index in [1.807, 2.05) is 0 Å². The number of fused-ring (bicyclic) bond motifs is 2. The molecule has 0 aliphatic heterocycles. The van der Waals surface area contributed by atoms with Crippen LogP contribution in [0.3, 0.4) is 0 Å². The van der Waals surface area contributed by atoms with Crippen LogP contribution in [0.4, 0.5) is 51.2 Å². The van der Waals surface area contributed by atoms with Crippen molar-refractivity contribution in [2.75, 3.05) is 14.7 Å². The molecule has 6 saturated carbocycles. The molecule has 0 radical (unpaired) electrons. The molecule has 0 amide bonds. The fourth-order valence-corrected chi connectivity index (χ4v) is 13.6. The van der Waals surface area contributed by atoms with Crippen LogP contribution in [0.25, 0.3) is 0 Å². The lowest BCUT2D eigenvalue weighted by Gasteiger charge is -2.34. The minimum atomic E-state index is -0.0131. The van der Waals surface area contributed by atoms with E-state index in [1.54, 1.807) is 0 Å². The van der Waals surface area contributed by atoms with Crippen molar-refractivity contribution in [2.45, 2.75) is 155 Å². The first-order chi connectivity index (χ1) is 35.0. The van der Waals surface area contributed by atoms with Gasteiger partial charge in [0.1, 0.15) is 0 Å². The number of halogens is 1. The molecule has 74 heavy (non-hydrogen) atoms. The summed E-state index contributed by atoms with van der Waals surface area (Å²) in [6.07, 6.45) is 8.30. The number of hydrogen-bond donors (Lipinski definition) is 0. The van der Waals surface area contributed by atoms with Gasteiger partial charge in [-0.3, -0.25) is 0 Å². The van der Waals surface area contributed by atoms with E-state index in [0.717, 1.165) is 68.0 Å². The van der Waals surface area contributed by atoms with Gasteiger partial charge >= 0.3 is 0 Å². The Labute approximate surface area is 453 Å². The monoisotopic (exact) mass is 1040 g/mol. The zero-order valence-electron chi connectivity index (χ0n) is 46.4. The number of hydrogen-bond acceptors (Lipinski definition) is 3. The molecule has 0 heterocycles. The molecule has 7 aromatic carbocycles. The van der Waals surface area contributed by atoms with E-state index in [9.17, 15) is 0 Å². The maximum absolute atomic E-state index is 4.19. The highest BCUT2D eigenvalue weighted by atomic mass is 79.9. The second kappa shape index (κ2) is 18.9. The highest BCUT2D eigenvalue weighted by Gasteiger charge is 2.45. The summed E-state index contributed by atoms with van der Waals surface area (Å²) in [5, 5.41) is 0. The van der Waals surface area contributed by atoms with Gasteiger partial charge in [0, 0.05) is 32.9 Å². The van der Waals surface area contributed by atoms with E-state index in [1.165, 1.54) is 83.3 Å². The van der Waals surface area contributed by atoms with E-state index in [-0.39, 0.29) is 21.7 Å². The molecule has 13 rings (SSSR count). The highest BCUT2D eigenvalue weighted by Crippen LogP contribution is 2.58. The van der Waals surface area contributed by atoms with Gasteiger partial charge in [0.15, 0.2) is 0 Å².